The number of nitrogen functional groups attached to an aromatic ring is 1. The van der Waals surface area contributed by atoms with Crippen molar-refractivity contribution in [1.29, 1.82) is 0 Å². The molecule has 3 aliphatic rings. The minimum atomic E-state index is -4.21. The average molecular weight is 412 g/mol. The molecule has 13 heteroatoms. The molecule has 0 aromatic carbocycles. The number of nitrogens with zero attached hydrogens (tertiary/aromatic N) is 5. The summed E-state index contributed by atoms with van der Waals surface area (Å²) < 4.78 is 29.3. The zero-order valence-electron chi connectivity index (χ0n) is 14.9. The molecule has 1 unspecified atom stereocenters. The van der Waals surface area contributed by atoms with Crippen LogP contribution in [0.3, 0.4) is 0 Å². The van der Waals surface area contributed by atoms with Crippen LogP contribution in [0.2, 0.25) is 0 Å². The summed E-state index contributed by atoms with van der Waals surface area (Å²) in [7, 11) is -4.21. The number of imidazole rings is 1. The van der Waals surface area contributed by atoms with Gasteiger partial charge in [-0.15, -0.1) is 0 Å². The lowest BCUT2D eigenvalue weighted by molar-refractivity contribution is -0.0661. The fourth-order valence-electron chi connectivity index (χ4n) is 4.02. The van der Waals surface area contributed by atoms with Crippen molar-refractivity contribution >= 4 is 30.8 Å². The second kappa shape index (κ2) is 6.61. The van der Waals surface area contributed by atoms with Crippen molar-refractivity contribution in [2.45, 2.75) is 43.8 Å². The van der Waals surface area contributed by atoms with Gasteiger partial charge in [0.2, 0.25) is 5.95 Å². The van der Waals surface area contributed by atoms with Crippen LogP contribution in [-0.4, -0.2) is 67.5 Å². The molecule has 0 saturated carbocycles. The Hall–Kier alpha value is -1.82. The lowest BCUT2D eigenvalue weighted by Crippen LogP contribution is -2.39. The number of phosphoric acid groups is 1. The Balaban J connectivity index is 1.60. The van der Waals surface area contributed by atoms with E-state index in [0.717, 1.165) is 32.4 Å². The zero-order chi connectivity index (χ0) is 19.5. The van der Waals surface area contributed by atoms with E-state index in [1.807, 2.05) is 0 Å². The average Bonchev–Trinajstić information content (AvgIpc) is 3.21. The van der Waals surface area contributed by atoms with E-state index < -0.39 is 32.4 Å². The maximum Gasteiger partial charge on any atom is 0.472 e. The SMILES string of the molecule is Nc1ncnc2c1nc(N1CCCCC1)n2[C@@H]1O[C@@H]2COP(=O)(O)O[C@H]2[C@H]1O. The van der Waals surface area contributed by atoms with E-state index >= 15 is 0 Å². The molecule has 4 N–H and O–H groups in total. The smallest absolute Gasteiger partial charge is 0.386 e. The van der Waals surface area contributed by atoms with Crippen LogP contribution in [0.5, 0.6) is 0 Å². The van der Waals surface area contributed by atoms with E-state index in [0.29, 0.717) is 17.1 Å². The van der Waals surface area contributed by atoms with Gasteiger partial charge in [-0.3, -0.25) is 13.6 Å². The first kappa shape index (κ1) is 18.2. The number of hydrogen-bond acceptors (Lipinski definition) is 10. The summed E-state index contributed by atoms with van der Waals surface area (Å²) in [5, 5.41) is 10.9. The van der Waals surface area contributed by atoms with Gasteiger partial charge in [0.25, 0.3) is 0 Å². The maximum absolute atomic E-state index is 11.8. The summed E-state index contributed by atoms with van der Waals surface area (Å²) in [6.07, 6.45) is 0.677. The minimum Gasteiger partial charge on any atom is -0.386 e. The number of phosphoric ester groups is 1. The van der Waals surface area contributed by atoms with Crippen molar-refractivity contribution in [2.75, 3.05) is 30.3 Å². The molecule has 28 heavy (non-hydrogen) atoms. The van der Waals surface area contributed by atoms with Crippen LogP contribution < -0.4 is 10.6 Å². The molecule has 0 radical (unpaired) electrons. The molecule has 0 amide bonds. The van der Waals surface area contributed by atoms with Gasteiger partial charge >= 0.3 is 7.82 Å². The van der Waals surface area contributed by atoms with Crippen molar-refractivity contribution in [3.8, 4) is 0 Å². The number of piperidine rings is 1. The van der Waals surface area contributed by atoms with E-state index in [9.17, 15) is 14.6 Å². The standard InChI is InChI=1S/C15H21N6O6P/c16-12-9-13(18-7-17-12)21(15(19-9)20-4-2-1-3-5-20)14-10(22)11-8(26-14)6-25-28(23,24)27-11/h7-8,10-11,14,22H,1-6H2,(H,23,24)(H2,16,17,18)/t8-,10-,11-,14-/m1/s1. The molecule has 0 aliphatic carbocycles. The van der Waals surface area contributed by atoms with Crippen LogP contribution >= 0.6 is 7.82 Å². The van der Waals surface area contributed by atoms with Crippen LogP contribution in [0.15, 0.2) is 6.33 Å². The van der Waals surface area contributed by atoms with E-state index in [1.165, 1.54) is 6.33 Å². The molecule has 152 valence electrons. The van der Waals surface area contributed by atoms with Crippen molar-refractivity contribution in [1.82, 2.24) is 19.5 Å². The van der Waals surface area contributed by atoms with Gasteiger partial charge in [-0.05, 0) is 19.3 Å². The second-order valence-corrected chi connectivity index (χ2v) is 8.56. The van der Waals surface area contributed by atoms with Crippen LogP contribution in [0, 0.1) is 0 Å². The van der Waals surface area contributed by atoms with Crippen molar-refractivity contribution in [3.05, 3.63) is 6.33 Å². The summed E-state index contributed by atoms with van der Waals surface area (Å²) in [5.74, 6) is 0.795. The number of hydrogen-bond donors (Lipinski definition) is 3. The molecule has 3 aliphatic heterocycles. The first-order valence-corrected chi connectivity index (χ1v) is 10.7. The highest BCUT2D eigenvalue weighted by Crippen LogP contribution is 2.53. The van der Waals surface area contributed by atoms with Gasteiger partial charge < -0.3 is 25.4 Å². The van der Waals surface area contributed by atoms with E-state index in [-0.39, 0.29) is 12.4 Å². The van der Waals surface area contributed by atoms with Gasteiger partial charge in [0.05, 0.1) is 6.61 Å². The molecular weight excluding hydrogens is 391 g/mol. The summed E-state index contributed by atoms with van der Waals surface area (Å²) in [5.41, 5.74) is 6.83. The monoisotopic (exact) mass is 412 g/mol. The first-order valence-electron chi connectivity index (χ1n) is 9.17. The number of nitrogens with two attached hydrogens (primary N) is 1. The Kier molecular flexibility index (Phi) is 4.30. The molecule has 3 saturated heterocycles. The van der Waals surface area contributed by atoms with Crippen molar-refractivity contribution in [3.63, 3.8) is 0 Å². The number of aromatic nitrogens is 4. The van der Waals surface area contributed by atoms with Crippen LogP contribution in [0.25, 0.3) is 11.2 Å². The largest absolute Gasteiger partial charge is 0.472 e. The Morgan fingerprint density at radius 2 is 2.04 bits per heavy atom. The number of rotatable bonds is 2. The van der Waals surface area contributed by atoms with Crippen molar-refractivity contribution < 1.29 is 28.3 Å². The van der Waals surface area contributed by atoms with Gasteiger partial charge in [-0.2, -0.15) is 0 Å². The summed E-state index contributed by atoms with van der Waals surface area (Å²) in [6.45, 7) is 1.45. The number of aliphatic hydroxyl groups is 1. The summed E-state index contributed by atoms with van der Waals surface area (Å²) >= 11 is 0. The van der Waals surface area contributed by atoms with Gasteiger partial charge in [-0.1, -0.05) is 0 Å². The number of ether oxygens (including phenoxy) is 1. The third-order valence-corrected chi connectivity index (χ3v) is 6.33. The van der Waals surface area contributed by atoms with E-state index in [4.69, 9.17) is 19.5 Å². The fourth-order valence-corrected chi connectivity index (χ4v) is 4.98. The highest BCUT2D eigenvalue weighted by Gasteiger charge is 2.53. The predicted molar refractivity (Wildman–Crippen MR) is 96.4 cm³/mol. The fraction of sp³-hybridized carbons (Fsp3) is 0.667. The number of fused-ring (bicyclic) bond motifs is 2. The Morgan fingerprint density at radius 1 is 1.25 bits per heavy atom. The van der Waals surface area contributed by atoms with Crippen molar-refractivity contribution in [2.24, 2.45) is 0 Å². The topological polar surface area (TPSA) is 158 Å². The molecule has 2 aromatic heterocycles. The van der Waals surface area contributed by atoms with Gasteiger partial charge in [0.15, 0.2) is 23.2 Å². The number of anilines is 2. The Morgan fingerprint density at radius 3 is 2.82 bits per heavy atom. The quantitative estimate of drug-likeness (QED) is 0.577. The molecule has 0 spiro atoms. The molecule has 2 aromatic rings. The molecule has 0 bridgehead atoms. The predicted octanol–water partition coefficient (Wildman–Crippen LogP) is 0.173. The van der Waals surface area contributed by atoms with Crippen LogP contribution in [-0.2, 0) is 18.3 Å². The maximum atomic E-state index is 11.8. The Labute approximate surface area is 159 Å². The van der Waals surface area contributed by atoms with E-state index in [1.54, 1.807) is 4.57 Å². The van der Waals surface area contributed by atoms with Gasteiger partial charge in [0, 0.05) is 13.1 Å². The lowest BCUT2D eigenvalue weighted by atomic mass is 10.1. The molecule has 5 atom stereocenters. The second-order valence-electron chi connectivity index (χ2n) is 7.15. The third kappa shape index (κ3) is 2.88. The summed E-state index contributed by atoms with van der Waals surface area (Å²) in [6, 6.07) is 0. The van der Waals surface area contributed by atoms with Gasteiger partial charge in [-0.25, -0.2) is 19.5 Å². The third-order valence-electron chi connectivity index (χ3n) is 5.35. The normalized spacial score (nSPS) is 36.0. The lowest BCUT2D eigenvalue weighted by Gasteiger charge is -2.30. The first-order chi connectivity index (χ1) is 13.4. The highest BCUT2D eigenvalue weighted by atomic mass is 31.2. The van der Waals surface area contributed by atoms with Gasteiger partial charge in [0.1, 0.15) is 24.6 Å². The van der Waals surface area contributed by atoms with E-state index in [2.05, 4.69) is 19.9 Å². The zero-order valence-corrected chi connectivity index (χ0v) is 15.8. The molecule has 5 rings (SSSR count). The van der Waals surface area contributed by atoms with Crippen LogP contribution in [0.1, 0.15) is 25.5 Å². The highest BCUT2D eigenvalue weighted by molar-refractivity contribution is 7.47. The molecule has 5 heterocycles. The molecular formula is C15H21N6O6P. The van der Waals surface area contributed by atoms with Crippen LogP contribution in [0.4, 0.5) is 11.8 Å². The Bertz CT molecular complexity index is 948. The number of aliphatic hydroxyl groups excluding tert-OH is 1. The summed E-state index contributed by atoms with van der Waals surface area (Å²) in [4.78, 5) is 24.6. The molecule has 12 nitrogen and oxygen atoms in total. The minimum absolute atomic E-state index is 0.158. The molecule has 3 fully saturated rings.